The molecule has 0 aliphatic rings. The van der Waals surface area contributed by atoms with Gasteiger partial charge in [0.15, 0.2) is 5.82 Å². The second-order valence-electron chi connectivity index (χ2n) is 5.72. The van der Waals surface area contributed by atoms with Crippen LogP contribution >= 0.6 is 0 Å². The number of rotatable bonds is 5. The van der Waals surface area contributed by atoms with Crippen LogP contribution in [-0.4, -0.2) is 24.6 Å². The van der Waals surface area contributed by atoms with Crippen molar-refractivity contribution in [1.29, 1.82) is 5.26 Å². The van der Waals surface area contributed by atoms with Gasteiger partial charge in [0.2, 0.25) is 0 Å². The number of benzene rings is 1. The first-order valence-corrected chi connectivity index (χ1v) is 7.97. The minimum Gasteiger partial charge on any atom is -0.304 e. The van der Waals surface area contributed by atoms with E-state index in [9.17, 15) is 4.39 Å². The van der Waals surface area contributed by atoms with Crippen molar-refractivity contribution in [1.82, 2.24) is 29.9 Å². The third-order valence-electron chi connectivity index (χ3n) is 3.94. The van der Waals surface area contributed by atoms with E-state index in [0.717, 1.165) is 16.9 Å². The maximum absolute atomic E-state index is 13.0. The SMILES string of the molecule is N#Cc1ccc2ncc(CNCc3nc(-c4ccc(F)cc4)n[nH]3)n2c1. The molecule has 4 aromatic rings. The van der Waals surface area contributed by atoms with Gasteiger partial charge in [-0.1, -0.05) is 0 Å². The molecule has 0 bridgehead atoms. The van der Waals surface area contributed by atoms with Gasteiger partial charge < -0.3 is 9.72 Å². The summed E-state index contributed by atoms with van der Waals surface area (Å²) < 4.78 is 14.9. The van der Waals surface area contributed by atoms with Crippen molar-refractivity contribution < 1.29 is 4.39 Å². The number of fused-ring (bicyclic) bond motifs is 1. The molecule has 3 heterocycles. The van der Waals surface area contributed by atoms with Gasteiger partial charge in [-0.05, 0) is 36.4 Å². The average molecular weight is 347 g/mol. The fourth-order valence-corrected chi connectivity index (χ4v) is 2.64. The number of aromatic nitrogens is 5. The predicted molar refractivity (Wildman–Crippen MR) is 92.2 cm³/mol. The molecule has 0 aliphatic heterocycles. The standard InChI is InChI=1S/C18H14FN7/c19-14-4-2-13(3-5-14)18-23-16(24-25-18)10-21-8-15-9-22-17-6-1-12(7-20)11-26(15)17/h1-6,9,11,21H,8,10H2,(H,23,24,25). The van der Waals surface area contributed by atoms with Gasteiger partial charge in [0, 0.05) is 18.3 Å². The van der Waals surface area contributed by atoms with E-state index < -0.39 is 0 Å². The minimum atomic E-state index is -0.293. The Labute approximate surface area is 148 Å². The van der Waals surface area contributed by atoms with Crippen LogP contribution in [-0.2, 0) is 13.1 Å². The van der Waals surface area contributed by atoms with Gasteiger partial charge in [-0.2, -0.15) is 10.4 Å². The van der Waals surface area contributed by atoms with E-state index >= 15 is 0 Å². The van der Waals surface area contributed by atoms with Gasteiger partial charge in [0.05, 0.1) is 24.0 Å². The second-order valence-corrected chi connectivity index (χ2v) is 5.72. The van der Waals surface area contributed by atoms with E-state index in [1.165, 1.54) is 12.1 Å². The molecule has 8 heteroatoms. The molecule has 0 unspecified atom stereocenters. The summed E-state index contributed by atoms with van der Waals surface area (Å²) in [5.41, 5.74) is 3.06. The Hall–Kier alpha value is -3.57. The molecule has 0 atom stereocenters. The lowest BCUT2D eigenvalue weighted by molar-refractivity contribution is 0.628. The Kier molecular flexibility index (Phi) is 4.13. The van der Waals surface area contributed by atoms with Crippen LogP contribution in [0.4, 0.5) is 4.39 Å². The van der Waals surface area contributed by atoms with E-state index in [1.807, 2.05) is 10.5 Å². The number of hydrogen-bond donors (Lipinski definition) is 2. The molecule has 4 rings (SSSR count). The Morgan fingerprint density at radius 2 is 2.00 bits per heavy atom. The molecule has 0 amide bonds. The Balaban J connectivity index is 1.42. The molecule has 0 aliphatic carbocycles. The Morgan fingerprint density at radius 3 is 2.81 bits per heavy atom. The number of imidazole rings is 1. The van der Waals surface area contributed by atoms with E-state index in [1.54, 1.807) is 30.6 Å². The molecule has 0 spiro atoms. The van der Waals surface area contributed by atoms with Gasteiger partial charge in [-0.15, -0.1) is 0 Å². The summed E-state index contributed by atoms with van der Waals surface area (Å²) in [7, 11) is 0. The summed E-state index contributed by atoms with van der Waals surface area (Å²) in [4.78, 5) is 8.72. The number of nitrogens with zero attached hydrogens (tertiary/aromatic N) is 5. The lowest BCUT2D eigenvalue weighted by Crippen LogP contribution is -2.15. The zero-order valence-corrected chi connectivity index (χ0v) is 13.6. The highest BCUT2D eigenvalue weighted by Gasteiger charge is 2.07. The average Bonchev–Trinajstić information content (AvgIpc) is 3.29. The van der Waals surface area contributed by atoms with Crippen molar-refractivity contribution in [2.45, 2.75) is 13.1 Å². The fourth-order valence-electron chi connectivity index (χ4n) is 2.64. The molecule has 0 saturated heterocycles. The van der Waals surface area contributed by atoms with Crippen LogP contribution in [0.1, 0.15) is 17.1 Å². The van der Waals surface area contributed by atoms with Crippen LogP contribution in [0.3, 0.4) is 0 Å². The van der Waals surface area contributed by atoms with Crippen molar-refractivity contribution in [3.8, 4) is 17.5 Å². The second kappa shape index (κ2) is 6.74. The number of pyridine rings is 1. The lowest BCUT2D eigenvalue weighted by Gasteiger charge is -2.03. The summed E-state index contributed by atoms with van der Waals surface area (Å²) in [6, 6.07) is 11.7. The van der Waals surface area contributed by atoms with E-state index in [4.69, 9.17) is 5.26 Å². The van der Waals surface area contributed by atoms with Crippen LogP contribution in [0.15, 0.2) is 48.8 Å². The van der Waals surface area contributed by atoms with Crippen molar-refractivity contribution >= 4 is 5.65 Å². The topological polar surface area (TPSA) is 94.7 Å². The summed E-state index contributed by atoms with van der Waals surface area (Å²) in [5.74, 6) is 0.907. The first-order valence-electron chi connectivity index (χ1n) is 7.97. The highest BCUT2D eigenvalue weighted by molar-refractivity contribution is 5.54. The molecular weight excluding hydrogens is 333 g/mol. The summed E-state index contributed by atoms with van der Waals surface area (Å²) in [6.45, 7) is 1.04. The molecular formula is C18H14FN7. The van der Waals surface area contributed by atoms with Crippen LogP contribution in [0, 0.1) is 17.1 Å². The van der Waals surface area contributed by atoms with Gasteiger partial charge >= 0.3 is 0 Å². The zero-order chi connectivity index (χ0) is 17.9. The minimum absolute atomic E-state index is 0.293. The predicted octanol–water partition coefficient (Wildman–Crippen LogP) is 2.42. The summed E-state index contributed by atoms with van der Waals surface area (Å²) in [6.07, 6.45) is 3.54. The lowest BCUT2D eigenvalue weighted by atomic mass is 10.2. The van der Waals surface area contributed by atoms with Crippen molar-refractivity contribution in [3.05, 3.63) is 71.7 Å². The number of aromatic amines is 1. The van der Waals surface area contributed by atoms with Crippen molar-refractivity contribution in [2.24, 2.45) is 0 Å². The van der Waals surface area contributed by atoms with Crippen molar-refractivity contribution in [2.75, 3.05) is 0 Å². The van der Waals surface area contributed by atoms with E-state index in [0.29, 0.717) is 30.3 Å². The first-order chi connectivity index (χ1) is 12.7. The van der Waals surface area contributed by atoms with Gasteiger partial charge in [0.25, 0.3) is 0 Å². The quantitative estimate of drug-likeness (QED) is 0.578. The molecule has 26 heavy (non-hydrogen) atoms. The molecule has 0 saturated carbocycles. The molecule has 2 N–H and O–H groups in total. The number of nitrogens with one attached hydrogen (secondary N) is 2. The van der Waals surface area contributed by atoms with Crippen molar-refractivity contribution in [3.63, 3.8) is 0 Å². The largest absolute Gasteiger partial charge is 0.304 e. The van der Waals surface area contributed by atoms with Gasteiger partial charge in [0.1, 0.15) is 23.4 Å². The summed E-state index contributed by atoms with van der Waals surface area (Å²) >= 11 is 0. The number of nitriles is 1. The Morgan fingerprint density at radius 1 is 1.15 bits per heavy atom. The third-order valence-corrected chi connectivity index (χ3v) is 3.94. The van der Waals surface area contributed by atoms with E-state index in [-0.39, 0.29) is 5.82 Å². The Bertz CT molecular complexity index is 1090. The molecule has 1 aromatic carbocycles. The van der Waals surface area contributed by atoms with Crippen LogP contribution in [0.25, 0.3) is 17.0 Å². The molecule has 0 fully saturated rings. The highest BCUT2D eigenvalue weighted by atomic mass is 19.1. The normalized spacial score (nSPS) is 10.9. The molecule has 7 nitrogen and oxygen atoms in total. The third kappa shape index (κ3) is 3.16. The van der Waals surface area contributed by atoms with Gasteiger partial charge in [-0.3, -0.25) is 5.10 Å². The zero-order valence-electron chi connectivity index (χ0n) is 13.6. The maximum atomic E-state index is 13.0. The van der Waals surface area contributed by atoms with Crippen LogP contribution in [0.2, 0.25) is 0 Å². The van der Waals surface area contributed by atoms with Crippen LogP contribution < -0.4 is 5.32 Å². The maximum Gasteiger partial charge on any atom is 0.181 e. The van der Waals surface area contributed by atoms with Crippen LogP contribution in [0.5, 0.6) is 0 Å². The molecule has 3 aromatic heterocycles. The van der Waals surface area contributed by atoms with E-state index in [2.05, 4.69) is 31.6 Å². The molecule has 0 radical (unpaired) electrons. The number of hydrogen-bond acceptors (Lipinski definition) is 5. The monoisotopic (exact) mass is 347 g/mol. The summed E-state index contributed by atoms with van der Waals surface area (Å²) in [5, 5.41) is 19.3. The fraction of sp³-hybridized carbons (Fsp3) is 0.111. The first kappa shape index (κ1) is 15.9. The molecule has 128 valence electrons. The smallest absolute Gasteiger partial charge is 0.181 e. The number of halogens is 1. The van der Waals surface area contributed by atoms with Gasteiger partial charge in [-0.25, -0.2) is 14.4 Å². The highest BCUT2D eigenvalue weighted by Crippen LogP contribution is 2.15. The number of H-pyrrole nitrogens is 1.